The number of ether oxygens (including phenoxy) is 2. The highest BCUT2D eigenvalue weighted by molar-refractivity contribution is 5.88. The summed E-state index contributed by atoms with van der Waals surface area (Å²) < 4.78 is 14.6. The zero-order chi connectivity index (χ0) is 14.1. The minimum Gasteiger partial charge on any atom is -0.466 e. The van der Waals surface area contributed by atoms with Crippen LogP contribution >= 0.6 is 0 Å². The van der Waals surface area contributed by atoms with E-state index in [0.717, 1.165) is 19.2 Å². The topological polar surface area (TPSA) is 78.6 Å². The fourth-order valence-electron chi connectivity index (χ4n) is 1.41. The van der Waals surface area contributed by atoms with Gasteiger partial charge in [-0.05, 0) is 12.8 Å². The Morgan fingerprint density at radius 1 is 1.53 bits per heavy atom. The van der Waals surface area contributed by atoms with Gasteiger partial charge in [0.2, 0.25) is 0 Å². The molecule has 0 saturated carbocycles. The predicted octanol–water partition coefficient (Wildman–Crippen LogP) is 1.90. The number of hydrogen-bond acceptors (Lipinski definition) is 6. The standard InChI is InChI=1S/C13H17NO5/c1-3-4-5-8-18-11(15)7-6-10-12(13(16)17-2)14-9-19-10/h3,9H,1,4-8H2,2H3. The highest BCUT2D eigenvalue weighted by atomic mass is 16.5. The number of esters is 2. The molecule has 0 spiro atoms. The van der Waals surface area contributed by atoms with Gasteiger partial charge in [0.25, 0.3) is 0 Å². The lowest BCUT2D eigenvalue weighted by atomic mass is 10.2. The molecule has 0 saturated heterocycles. The summed E-state index contributed by atoms with van der Waals surface area (Å²) in [6, 6.07) is 0. The van der Waals surface area contributed by atoms with Crippen LogP contribution in [0.1, 0.15) is 35.5 Å². The van der Waals surface area contributed by atoms with Crippen molar-refractivity contribution in [3.8, 4) is 0 Å². The van der Waals surface area contributed by atoms with Crippen LogP contribution in [-0.4, -0.2) is 30.6 Å². The molecule has 0 aromatic carbocycles. The largest absolute Gasteiger partial charge is 0.466 e. The summed E-state index contributed by atoms with van der Waals surface area (Å²) in [4.78, 5) is 26.5. The molecule has 0 fully saturated rings. The number of aromatic nitrogens is 1. The van der Waals surface area contributed by atoms with Crippen LogP contribution in [0, 0.1) is 0 Å². The average Bonchev–Trinajstić information content (AvgIpc) is 2.89. The number of oxazole rings is 1. The molecule has 0 unspecified atom stereocenters. The van der Waals surface area contributed by atoms with Gasteiger partial charge in [-0.1, -0.05) is 6.08 Å². The smallest absolute Gasteiger partial charge is 0.360 e. The third-order valence-electron chi connectivity index (χ3n) is 2.39. The van der Waals surface area contributed by atoms with E-state index in [-0.39, 0.29) is 24.5 Å². The van der Waals surface area contributed by atoms with E-state index < -0.39 is 5.97 Å². The normalized spacial score (nSPS) is 9.95. The first-order chi connectivity index (χ1) is 9.19. The van der Waals surface area contributed by atoms with Crippen LogP contribution in [0.25, 0.3) is 0 Å². The number of aryl methyl sites for hydroxylation is 1. The number of methoxy groups -OCH3 is 1. The Morgan fingerprint density at radius 2 is 2.32 bits per heavy atom. The van der Waals surface area contributed by atoms with Crippen LogP contribution in [0.15, 0.2) is 23.5 Å². The lowest BCUT2D eigenvalue weighted by molar-refractivity contribution is -0.143. The number of carbonyl (C=O) groups is 2. The van der Waals surface area contributed by atoms with Crippen LogP contribution in [-0.2, 0) is 20.7 Å². The molecular formula is C13H17NO5. The van der Waals surface area contributed by atoms with E-state index in [1.165, 1.54) is 7.11 Å². The predicted molar refractivity (Wildman–Crippen MR) is 66.6 cm³/mol. The number of allylic oxidation sites excluding steroid dienone is 1. The van der Waals surface area contributed by atoms with Crippen molar-refractivity contribution >= 4 is 11.9 Å². The van der Waals surface area contributed by atoms with E-state index in [2.05, 4.69) is 16.3 Å². The van der Waals surface area contributed by atoms with Gasteiger partial charge in [0.05, 0.1) is 20.1 Å². The molecule has 6 nitrogen and oxygen atoms in total. The highest BCUT2D eigenvalue weighted by Crippen LogP contribution is 2.11. The van der Waals surface area contributed by atoms with Crippen molar-refractivity contribution in [2.45, 2.75) is 25.7 Å². The molecule has 0 aliphatic rings. The Kier molecular flexibility index (Phi) is 6.35. The molecule has 0 amide bonds. The summed E-state index contributed by atoms with van der Waals surface area (Å²) in [5.41, 5.74) is 0.0990. The summed E-state index contributed by atoms with van der Waals surface area (Å²) in [5, 5.41) is 0. The summed E-state index contributed by atoms with van der Waals surface area (Å²) in [6.45, 7) is 3.94. The van der Waals surface area contributed by atoms with E-state index >= 15 is 0 Å². The monoisotopic (exact) mass is 267 g/mol. The van der Waals surface area contributed by atoms with Crippen LogP contribution in [0.4, 0.5) is 0 Å². The molecule has 0 aliphatic carbocycles. The van der Waals surface area contributed by atoms with Gasteiger partial charge in [0.15, 0.2) is 12.1 Å². The third kappa shape index (κ3) is 4.95. The molecule has 1 aromatic rings. The molecule has 6 heteroatoms. The Labute approximate surface area is 111 Å². The number of nitrogens with zero attached hydrogens (tertiary/aromatic N) is 1. The molecular weight excluding hydrogens is 250 g/mol. The lowest BCUT2D eigenvalue weighted by Crippen LogP contribution is -2.09. The maximum absolute atomic E-state index is 11.4. The van der Waals surface area contributed by atoms with Gasteiger partial charge in [0.1, 0.15) is 5.76 Å². The molecule has 1 heterocycles. The molecule has 0 atom stereocenters. The van der Waals surface area contributed by atoms with Crippen molar-refractivity contribution in [3.05, 3.63) is 30.5 Å². The van der Waals surface area contributed by atoms with Crippen LogP contribution in [0.3, 0.4) is 0 Å². The minimum absolute atomic E-state index is 0.0990. The van der Waals surface area contributed by atoms with Gasteiger partial charge in [-0.25, -0.2) is 9.78 Å². The van der Waals surface area contributed by atoms with E-state index in [4.69, 9.17) is 9.15 Å². The quantitative estimate of drug-likeness (QED) is 0.406. The van der Waals surface area contributed by atoms with E-state index in [1.807, 2.05) is 0 Å². The van der Waals surface area contributed by atoms with E-state index in [9.17, 15) is 9.59 Å². The van der Waals surface area contributed by atoms with E-state index in [0.29, 0.717) is 12.4 Å². The Morgan fingerprint density at radius 3 is 3.00 bits per heavy atom. The second-order valence-electron chi connectivity index (χ2n) is 3.77. The van der Waals surface area contributed by atoms with Gasteiger partial charge in [0, 0.05) is 6.42 Å². The van der Waals surface area contributed by atoms with Crippen molar-refractivity contribution in [2.24, 2.45) is 0 Å². The first-order valence-corrected chi connectivity index (χ1v) is 5.96. The second-order valence-corrected chi connectivity index (χ2v) is 3.77. The maximum Gasteiger partial charge on any atom is 0.360 e. The van der Waals surface area contributed by atoms with Crippen LogP contribution in [0.5, 0.6) is 0 Å². The van der Waals surface area contributed by atoms with Gasteiger partial charge in [-0.3, -0.25) is 4.79 Å². The van der Waals surface area contributed by atoms with Crippen LogP contribution in [0.2, 0.25) is 0 Å². The molecule has 0 N–H and O–H groups in total. The Bertz CT molecular complexity index is 438. The van der Waals surface area contributed by atoms with Crippen molar-refractivity contribution in [1.29, 1.82) is 0 Å². The lowest BCUT2D eigenvalue weighted by Gasteiger charge is -2.03. The minimum atomic E-state index is -0.580. The zero-order valence-electron chi connectivity index (χ0n) is 10.9. The molecule has 0 bridgehead atoms. The highest BCUT2D eigenvalue weighted by Gasteiger charge is 2.18. The number of carbonyl (C=O) groups excluding carboxylic acids is 2. The fourth-order valence-corrected chi connectivity index (χ4v) is 1.41. The first kappa shape index (κ1) is 14.9. The van der Waals surface area contributed by atoms with Gasteiger partial charge in [-0.15, -0.1) is 6.58 Å². The van der Waals surface area contributed by atoms with Crippen molar-refractivity contribution < 1.29 is 23.5 Å². The summed E-state index contributed by atoms with van der Waals surface area (Å²) >= 11 is 0. The van der Waals surface area contributed by atoms with Gasteiger partial charge < -0.3 is 13.9 Å². The second kappa shape index (κ2) is 8.07. The SMILES string of the molecule is C=CCCCOC(=O)CCc1ocnc1C(=O)OC. The van der Waals surface area contributed by atoms with Crippen LogP contribution < -0.4 is 0 Å². The Hall–Kier alpha value is -2.11. The number of hydrogen-bond donors (Lipinski definition) is 0. The molecule has 104 valence electrons. The zero-order valence-corrected chi connectivity index (χ0v) is 10.9. The third-order valence-corrected chi connectivity index (χ3v) is 2.39. The van der Waals surface area contributed by atoms with Crippen molar-refractivity contribution in [3.63, 3.8) is 0 Å². The summed E-state index contributed by atoms with van der Waals surface area (Å²) in [5.74, 6) is -0.589. The average molecular weight is 267 g/mol. The molecule has 19 heavy (non-hydrogen) atoms. The number of unbranched alkanes of at least 4 members (excludes halogenated alkanes) is 1. The maximum atomic E-state index is 11.4. The summed E-state index contributed by atoms with van der Waals surface area (Å²) in [7, 11) is 1.26. The molecule has 0 radical (unpaired) electrons. The van der Waals surface area contributed by atoms with Gasteiger partial charge >= 0.3 is 11.9 Å². The molecule has 0 aliphatic heterocycles. The molecule has 1 rings (SSSR count). The first-order valence-electron chi connectivity index (χ1n) is 5.96. The summed E-state index contributed by atoms with van der Waals surface area (Å²) in [6.07, 6.45) is 4.87. The van der Waals surface area contributed by atoms with E-state index in [1.54, 1.807) is 6.08 Å². The Balaban J connectivity index is 2.36. The van der Waals surface area contributed by atoms with Gasteiger partial charge in [-0.2, -0.15) is 0 Å². The van der Waals surface area contributed by atoms with Crippen molar-refractivity contribution in [1.82, 2.24) is 4.98 Å². The fraction of sp³-hybridized carbons (Fsp3) is 0.462. The number of rotatable bonds is 8. The van der Waals surface area contributed by atoms with Crippen molar-refractivity contribution in [2.75, 3.05) is 13.7 Å². The molecule has 1 aromatic heterocycles.